The first-order chi connectivity index (χ1) is 6.06. The molecule has 0 aliphatic heterocycles. The van der Waals surface area contributed by atoms with Crippen LogP contribution in [0.2, 0.25) is 5.02 Å². The lowest BCUT2D eigenvalue weighted by Crippen LogP contribution is -2.09. The van der Waals surface area contributed by atoms with Crippen molar-refractivity contribution in [2.24, 2.45) is 5.73 Å². The van der Waals surface area contributed by atoms with Crippen molar-refractivity contribution in [1.29, 1.82) is 0 Å². The van der Waals surface area contributed by atoms with Gasteiger partial charge >= 0.3 is 0 Å². The van der Waals surface area contributed by atoms with Crippen molar-refractivity contribution < 1.29 is 5.11 Å². The highest BCUT2D eigenvalue weighted by molar-refractivity contribution is 9.10. The molecule has 0 radical (unpaired) electrons. The molecule has 0 spiro atoms. The Morgan fingerprint density at radius 1 is 1.62 bits per heavy atom. The average Bonchev–Trinajstić information content (AvgIpc) is 2.10. The molecule has 0 amide bonds. The first-order valence-electron chi connectivity index (χ1n) is 3.94. The third-order valence-corrected chi connectivity index (χ3v) is 2.76. The molecule has 0 aliphatic carbocycles. The van der Waals surface area contributed by atoms with Crippen molar-refractivity contribution >= 4 is 27.5 Å². The number of rotatable bonds is 2. The smallest absolute Gasteiger partial charge is 0.133 e. The number of phenolic OH excluding ortho intramolecular Hbond substituents is 1. The van der Waals surface area contributed by atoms with Crippen LogP contribution in [0.4, 0.5) is 0 Å². The monoisotopic (exact) mass is 263 g/mol. The molecule has 1 atom stereocenters. The predicted molar refractivity (Wildman–Crippen MR) is 58.3 cm³/mol. The van der Waals surface area contributed by atoms with Gasteiger partial charge in [0.25, 0.3) is 0 Å². The lowest BCUT2D eigenvalue weighted by Gasteiger charge is -2.12. The van der Waals surface area contributed by atoms with Crippen molar-refractivity contribution in [3.8, 4) is 5.75 Å². The first kappa shape index (κ1) is 10.8. The van der Waals surface area contributed by atoms with Gasteiger partial charge in [0.15, 0.2) is 0 Å². The maximum atomic E-state index is 9.66. The van der Waals surface area contributed by atoms with Gasteiger partial charge in [0.05, 0.1) is 4.47 Å². The van der Waals surface area contributed by atoms with Crippen molar-refractivity contribution in [3.63, 3.8) is 0 Å². The SMILES string of the molecule is CC(CN)c1cc(Cl)cc(Br)c1O. The summed E-state index contributed by atoms with van der Waals surface area (Å²) in [6.45, 7) is 2.43. The Bertz CT molecular complexity index is 317. The molecule has 1 unspecified atom stereocenters. The Hall–Kier alpha value is -0.250. The second-order valence-corrected chi connectivity index (χ2v) is 4.25. The van der Waals surface area contributed by atoms with Gasteiger partial charge < -0.3 is 10.8 Å². The summed E-state index contributed by atoms with van der Waals surface area (Å²) in [5.41, 5.74) is 6.28. The molecule has 2 nitrogen and oxygen atoms in total. The summed E-state index contributed by atoms with van der Waals surface area (Å²) in [5.74, 6) is 0.331. The Balaban J connectivity index is 3.20. The lowest BCUT2D eigenvalue weighted by molar-refractivity contribution is 0.460. The highest BCUT2D eigenvalue weighted by atomic mass is 79.9. The molecular weight excluding hydrogens is 253 g/mol. The van der Waals surface area contributed by atoms with Crippen LogP contribution in [0.3, 0.4) is 0 Å². The van der Waals surface area contributed by atoms with Gasteiger partial charge in [-0.2, -0.15) is 0 Å². The van der Waals surface area contributed by atoms with Crippen molar-refractivity contribution in [2.75, 3.05) is 6.54 Å². The van der Waals surface area contributed by atoms with E-state index in [-0.39, 0.29) is 11.7 Å². The molecule has 0 aromatic heterocycles. The van der Waals surface area contributed by atoms with Gasteiger partial charge in [-0.1, -0.05) is 18.5 Å². The molecule has 1 aromatic carbocycles. The second-order valence-electron chi connectivity index (χ2n) is 2.96. The minimum atomic E-state index is 0.106. The molecule has 13 heavy (non-hydrogen) atoms. The van der Waals surface area contributed by atoms with Gasteiger partial charge in [0, 0.05) is 10.6 Å². The molecule has 0 saturated heterocycles. The topological polar surface area (TPSA) is 46.2 Å². The van der Waals surface area contributed by atoms with E-state index in [0.29, 0.717) is 16.0 Å². The molecule has 72 valence electrons. The van der Waals surface area contributed by atoms with Gasteiger partial charge in [-0.15, -0.1) is 0 Å². The maximum Gasteiger partial charge on any atom is 0.133 e. The van der Waals surface area contributed by atoms with Crippen LogP contribution < -0.4 is 5.73 Å². The van der Waals surface area contributed by atoms with E-state index >= 15 is 0 Å². The van der Waals surface area contributed by atoms with Crippen LogP contribution in [0, 0.1) is 0 Å². The number of aromatic hydroxyl groups is 1. The summed E-state index contributed by atoms with van der Waals surface area (Å²) in [4.78, 5) is 0. The van der Waals surface area contributed by atoms with Crippen LogP contribution >= 0.6 is 27.5 Å². The van der Waals surface area contributed by atoms with Gasteiger partial charge in [-0.25, -0.2) is 0 Å². The van der Waals surface area contributed by atoms with Crippen LogP contribution in [0.15, 0.2) is 16.6 Å². The molecule has 0 saturated carbocycles. The normalized spacial score (nSPS) is 12.9. The highest BCUT2D eigenvalue weighted by Crippen LogP contribution is 2.35. The number of nitrogens with two attached hydrogens (primary N) is 1. The van der Waals surface area contributed by atoms with Gasteiger partial charge in [0.1, 0.15) is 5.75 Å². The van der Waals surface area contributed by atoms with E-state index in [1.54, 1.807) is 12.1 Å². The Morgan fingerprint density at radius 2 is 2.23 bits per heavy atom. The van der Waals surface area contributed by atoms with Crippen LogP contribution in [0.25, 0.3) is 0 Å². The molecule has 1 aromatic rings. The highest BCUT2D eigenvalue weighted by Gasteiger charge is 2.12. The molecule has 0 bridgehead atoms. The Morgan fingerprint density at radius 3 is 2.77 bits per heavy atom. The lowest BCUT2D eigenvalue weighted by atomic mass is 10.0. The van der Waals surface area contributed by atoms with Crippen LogP contribution in [0.1, 0.15) is 18.4 Å². The third-order valence-electron chi connectivity index (χ3n) is 1.94. The van der Waals surface area contributed by atoms with E-state index in [1.165, 1.54) is 0 Å². The summed E-state index contributed by atoms with van der Waals surface area (Å²) in [6.07, 6.45) is 0. The Kier molecular flexibility index (Phi) is 3.59. The number of hydrogen-bond donors (Lipinski definition) is 2. The van der Waals surface area contributed by atoms with E-state index in [1.807, 2.05) is 6.92 Å². The molecule has 4 heteroatoms. The minimum Gasteiger partial charge on any atom is -0.506 e. The fourth-order valence-corrected chi connectivity index (χ4v) is 1.92. The van der Waals surface area contributed by atoms with Gasteiger partial charge in [0.2, 0.25) is 0 Å². The molecular formula is C9H11BrClNO. The van der Waals surface area contributed by atoms with Crippen LogP contribution in [-0.2, 0) is 0 Å². The standard InChI is InChI=1S/C9H11BrClNO/c1-5(4-12)7-2-6(11)3-8(10)9(7)13/h2-3,5,13H,4,12H2,1H3. The van der Waals surface area contributed by atoms with E-state index in [2.05, 4.69) is 15.9 Å². The summed E-state index contributed by atoms with van der Waals surface area (Å²) >= 11 is 9.06. The quantitative estimate of drug-likeness (QED) is 0.863. The zero-order valence-corrected chi connectivity index (χ0v) is 9.56. The predicted octanol–water partition coefficient (Wildman–Crippen LogP) is 2.87. The number of phenols is 1. The van der Waals surface area contributed by atoms with Crippen molar-refractivity contribution in [3.05, 3.63) is 27.2 Å². The Labute approximate surface area is 90.8 Å². The average molecular weight is 265 g/mol. The second kappa shape index (κ2) is 4.31. The summed E-state index contributed by atoms with van der Waals surface area (Å²) in [5, 5.41) is 10.3. The molecule has 1 rings (SSSR count). The minimum absolute atomic E-state index is 0.106. The van der Waals surface area contributed by atoms with Gasteiger partial charge in [-0.05, 0) is 40.5 Å². The van der Waals surface area contributed by atoms with Crippen molar-refractivity contribution in [1.82, 2.24) is 0 Å². The maximum absolute atomic E-state index is 9.66. The molecule has 3 N–H and O–H groups in total. The summed E-state index contributed by atoms with van der Waals surface area (Å²) in [6, 6.07) is 3.39. The first-order valence-corrected chi connectivity index (χ1v) is 5.11. The van der Waals surface area contributed by atoms with Gasteiger partial charge in [-0.3, -0.25) is 0 Å². The van der Waals surface area contributed by atoms with E-state index < -0.39 is 0 Å². The third kappa shape index (κ3) is 2.36. The summed E-state index contributed by atoms with van der Waals surface area (Å²) < 4.78 is 0.607. The van der Waals surface area contributed by atoms with Crippen molar-refractivity contribution in [2.45, 2.75) is 12.8 Å². The van der Waals surface area contributed by atoms with E-state index in [9.17, 15) is 5.11 Å². The van der Waals surface area contributed by atoms with E-state index in [4.69, 9.17) is 17.3 Å². The molecule has 0 aliphatic rings. The van der Waals surface area contributed by atoms with E-state index in [0.717, 1.165) is 5.56 Å². The largest absolute Gasteiger partial charge is 0.506 e. The molecule has 0 heterocycles. The number of benzene rings is 1. The molecule has 0 fully saturated rings. The van der Waals surface area contributed by atoms with Crippen LogP contribution in [-0.4, -0.2) is 11.7 Å². The zero-order chi connectivity index (χ0) is 10.0. The van der Waals surface area contributed by atoms with Crippen LogP contribution in [0.5, 0.6) is 5.75 Å². The summed E-state index contributed by atoms with van der Waals surface area (Å²) in [7, 11) is 0. The number of halogens is 2. The fraction of sp³-hybridized carbons (Fsp3) is 0.333. The zero-order valence-electron chi connectivity index (χ0n) is 7.22. The number of hydrogen-bond acceptors (Lipinski definition) is 2. The fourth-order valence-electron chi connectivity index (χ4n) is 1.09.